The Bertz CT molecular complexity index is 775. The predicted molar refractivity (Wildman–Crippen MR) is 105 cm³/mol. The summed E-state index contributed by atoms with van der Waals surface area (Å²) in [4.78, 5) is 18.2. The number of carbonyl (C=O) groups excluding carboxylic acids is 1. The molecule has 5 nitrogen and oxygen atoms in total. The highest BCUT2D eigenvalue weighted by atomic mass is 32.1. The molecule has 2 aliphatic heterocycles. The normalized spacial score (nSPS) is 24.5. The van der Waals surface area contributed by atoms with Crippen LogP contribution < -0.4 is 15.4 Å². The number of rotatable bonds is 5. The first-order chi connectivity index (χ1) is 12.6. The number of aromatic nitrogens is 1. The first kappa shape index (κ1) is 17.5. The molecule has 1 amide bonds. The molecule has 2 N–H and O–H groups in total. The Labute approximate surface area is 158 Å². The minimum absolute atomic E-state index is 0.0892. The lowest BCUT2D eigenvalue weighted by molar-refractivity contribution is -0.117. The van der Waals surface area contributed by atoms with Crippen molar-refractivity contribution in [2.45, 2.75) is 51.1 Å². The summed E-state index contributed by atoms with van der Waals surface area (Å²) < 4.78 is 5.21. The van der Waals surface area contributed by atoms with E-state index in [1.54, 1.807) is 7.11 Å². The van der Waals surface area contributed by atoms with E-state index in [4.69, 9.17) is 4.74 Å². The number of anilines is 1. The van der Waals surface area contributed by atoms with Crippen molar-refractivity contribution < 1.29 is 9.53 Å². The van der Waals surface area contributed by atoms with E-state index in [0.717, 1.165) is 34.7 Å². The highest BCUT2D eigenvalue weighted by Crippen LogP contribution is 2.34. The average molecular weight is 372 g/mol. The predicted octanol–water partition coefficient (Wildman–Crippen LogP) is 3.99. The minimum atomic E-state index is 0.0892. The van der Waals surface area contributed by atoms with Crippen molar-refractivity contribution in [3.8, 4) is 17.0 Å². The van der Waals surface area contributed by atoms with Crippen LogP contribution in [-0.2, 0) is 4.79 Å². The van der Waals surface area contributed by atoms with Gasteiger partial charge in [-0.05, 0) is 62.8 Å². The first-order valence-electron chi connectivity index (χ1n) is 9.28. The van der Waals surface area contributed by atoms with Crippen molar-refractivity contribution in [3.63, 3.8) is 0 Å². The van der Waals surface area contributed by atoms with Gasteiger partial charge in [-0.3, -0.25) is 4.79 Å². The summed E-state index contributed by atoms with van der Waals surface area (Å²) in [5.41, 5.74) is 1.96. The van der Waals surface area contributed by atoms with Crippen molar-refractivity contribution in [3.05, 3.63) is 29.1 Å². The maximum atomic E-state index is 12.5. The average Bonchev–Trinajstić information content (AvgIpc) is 3.16. The van der Waals surface area contributed by atoms with Crippen molar-refractivity contribution in [2.75, 3.05) is 12.4 Å². The molecule has 0 spiro atoms. The quantitative estimate of drug-likeness (QED) is 0.834. The Morgan fingerprint density at radius 3 is 2.62 bits per heavy atom. The molecule has 2 saturated heterocycles. The van der Waals surface area contributed by atoms with Gasteiger partial charge in [0.2, 0.25) is 5.91 Å². The summed E-state index contributed by atoms with van der Waals surface area (Å²) >= 11 is 1.54. The molecule has 0 saturated carbocycles. The highest BCUT2D eigenvalue weighted by Gasteiger charge is 2.34. The summed E-state index contributed by atoms with van der Waals surface area (Å²) in [6.45, 7) is 2.04. The van der Waals surface area contributed by atoms with Gasteiger partial charge in [-0.15, -0.1) is 11.3 Å². The topological polar surface area (TPSA) is 63.2 Å². The van der Waals surface area contributed by atoms with Gasteiger partial charge in [0, 0.05) is 28.9 Å². The number of amides is 1. The maximum absolute atomic E-state index is 12.5. The van der Waals surface area contributed by atoms with Crippen molar-refractivity contribution >= 4 is 22.4 Å². The molecule has 0 aliphatic carbocycles. The van der Waals surface area contributed by atoms with Gasteiger partial charge in [0.1, 0.15) is 5.75 Å². The zero-order chi connectivity index (χ0) is 18.1. The number of hydrogen-bond donors (Lipinski definition) is 2. The van der Waals surface area contributed by atoms with E-state index in [1.165, 1.54) is 24.2 Å². The van der Waals surface area contributed by atoms with Gasteiger partial charge in [0.15, 0.2) is 5.13 Å². The van der Waals surface area contributed by atoms with Gasteiger partial charge >= 0.3 is 0 Å². The molecule has 138 valence electrons. The van der Waals surface area contributed by atoms with E-state index in [9.17, 15) is 4.79 Å². The molecule has 2 fully saturated rings. The number of hydrogen-bond acceptors (Lipinski definition) is 5. The van der Waals surface area contributed by atoms with Crippen LogP contribution in [0.5, 0.6) is 5.75 Å². The van der Waals surface area contributed by atoms with Crippen LogP contribution in [0.15, 0.2) is 24.3 Å². The standard InChI is InChI=1S/C20H25N3O2S/c1-12-19(14-3-7-17(25-2)8-4-14)23-20(26-12)22-18(24)11-13-9-15-5-6-16(10-13)21-15/h3-4,7-8,13,15-16,21H,5-6,9-11H2,1-2H3,(H,22,23,24). The van der Waals surface area contributed by atoms with Gasteiger partial charge in [-0.1, -0.05) is 0 Å². The molecule has 2 bridgehead atoms. The second-order valence-corrected chi connectivity index (χ2v) is 8.58. The highest BCUT2D eigenvalue weighted by molar-refractivity contribution is 7.16. The number of carbonyl (C=O) groups is 1. The molecule has 1 aromatic heterocycles. The zero-order valence-corrected chi connectivity index (χ0v) is 16.1. The number of fused-ring (bicyclic) bond motifs is 2. The summed E-state index contributed by atoms with van der Waals surface area (Å²) in [5, 5.41) is 7.34. The van der Waals surface area contributed by atoms with E-state index >= 15 is 0 Å². The summed E-state index contributed by atoms with van der Waals surface area (Å²) in [6.07, 6.45) is 5.38. The third-order valence-corrected chi connectivity index (χ3v) is 6.34. The number of aryl methyl sites for hydroxylation is 1. The third kappa shape index (κ3) is 3.76. The SMILES string of the molecule is COc1ccc(-c2nc(NC(=O)CC3CC4CCC(C3)N4)sc2C)cc1. The monoisotopic (exact) mass is 371 g/mol. The smallest absolute Gasteiger partial charge is 0.226 e. The van der Waals surface area contributed by atoms with Crippen LogP contribution in [0.4, 0.5) is 5.13 Å². The lowest BCUT2D eigenvalue weighted by atomic mass is 9.89. The Balaban J connectivity index is 1.39. The fourth-order valence-corrected chi connectivity index (χ4v) is 5.09. The van der Waals surface area contributed by atoms with Gasteiger partial charge < -0.3 is 15.4 Å². The van der Waals surface area contributed by atoms with E-state index in [2.05, 4.69) is 15.6 Å². The zero-order valence-electron chi connectivity index (χ0n) is 15.2. The fourth-order valence-electron chi connectivity index (χ4n) is 4.24. The number of benzene rings is 1. The molecular formula is C20H25N3O2S. The largest absolute Gasteiger partial charge is 0.497 e. The van der Waals surface area contributed by atoms with E-state index in [0.29, 0.717) is 29.6 Å². The third-order valence-electron chi connectivity index (χ3n) is 5.45. The summed E-state index contributed by atoms with van der Waals surface area (Å²) in [5.74, 6) is 1.41. The van der Waals surface area contributed by atoms with Gasteiger partial charge in [-0.25, -0.2) is 4.98 Å². The van der Waals surface area contributed by atoms with E-state index in [1.807, 2.05) is 31.2 Å². The first-order valence-corrected chi connectivity index (χ1v) is 10.1. The lowest BCUT2D eigenvalue weighted by Crippen LogP contribution is -2.39. The Morgan fingerprint density at radius 2 is 1.96 bits per heavy atom. The fraction of sp³-hybridized carbons (Fsp3) is 0.500. The molecule has 26 heavy (non-hydrogen) atoms. The van der Waals surface area contributed by atoms with Crippen LogP contribution in [-0.4, -0.2) is 30.1 Å². The molecule has 0 radical (unpaired) electrons. The van der Waals surface area contributed by atoms with Crippen molar-refractivity contribution in [1.82, 2.24) is 10.3 Å². The number of nitrogens with one attached hydrogen (secondary N) is 2. The van der Waals surface area contributed by atoms with Crippen LogP contribution >= 0.6 is 11.3 Å². The van der Waals surface area contributed by atoms with Crippen molar-refractivity contribution in [1.29, 1.82) is 0 Å². The number of piperidine rings is 1. The van der Waals surface area contributed by atoms with E-state index < -0.39 is 0 Å². The number of thiazole rings is 1. The van der Waals surface area contributed by atoms with Crippen LogP contribution in [0.25, 0.3) is 11.3 Å². The Hall–Kier alpha value is -1.92. The Kier molecular flexibility index (Phi) is 4.96. The summed E-state index contributed by atoms with van der Waals surface area (Å²) in [6, 6.07) is 9.09. The molecule has 4 rings (SSSR count). The van der Waals surface area contributed by atoms with Crippen LogP contribution in [0.2, 0.25) is 0 Å². The van der Waals surface area contributed by atoms with Crippen LogP contribution in [0, 0.1) is 12.8 Å². The molecule has 2 unspecified atom stereocenters. The van der Waals surface area contributed by atoms with E-state index in [-0.39, 0.29) is 5.91 Å². The van der Waals surface area contributed by atoms with Crippen LogP contribution in [0.3, 0.4) is 0 Å². The number of nitrogens with zero attached hydrogens (tertiary/aromatic N) is 1. The van der Waals surface area contributed by atoms with Gasteiger partial charge in [-0.2, -0.15) is 0 Å². The lowest BCUT2D eigenvalue weighted by Gasteiger charge is -2.28. The number of ether oxygens (including phenoxy) is 1. The second kappa shape index (κ2) is 7.37. The maximum Gasteiger partial charge on any atom is 0.226 e. The van der Waals surface area contributed by atoms with Gasteiger partial charge in [0.25, 0.3) is 0 Å². The molecular weight excluding hydrogens is 346 g/mol. The molecule has 6 heteroatoms. The second-order valence-electron chi connectivity index (χ2n) is 7.38. The number of methoxy groups -OCH3 is 1. The van der Waals surface area contributed by atoms with Crippen LogP contribution in [0.1, 0.15) is 37.0 Å². The molecule has 3 heterocycles. The molecule has 2 aromatic rings. The van der Waals surface area contributed by atoms with Crippen molar-refractivity contribution in [2.24, 2.45) is 5.92 Å². The molecule has 1 aromatic carbocycles. The van der Waals surface area contributed by atoms with Gasteiger partial charge in [0.05, 0.1) is 12.8 Å². The summed E-state index contributed by atoms with van der Waals surface area (Å²) in [7, 11) is 1.66. The molecule has 2 aliphatic rings. The molecule has 2 atom stereocenters. The Morgan fingerprint density at radius 1 is 1.27 bits per heavy atom. The minimum Gasteiger partial charge on any atom is -0.497 e.